The van der Waals surface area contributed by atoms with Crippen LogP contribution in [0.3, 0.4) is 0 Å². The first kappa shape index (κ1) is 23.1. The molecule has 1 N–H and O–H groups in total. The first-order chi connectivity index (χ1) is 11.5. The van der Waals surface area contributed by atoms with Crippen LogP contribution in [0.4, 0.5) is 4.79 Å². The molecule has 0 saturated carbocycles. The van der Waals surface area contributed by atoms with Crippen molar-refractivity contribution in [2.75, 3.05) is 67.0 Å². The van der Waals surface area contributed by atoms with E-state index >= 15 is 0 Å². The van der Waals surface area contributed by atoms with Crippen molar-refractivity contribution in [3.8, 4) is 0 Å². The second-order valence-electron chi connectivity index (χ2n) is 6.34. The fraction of sp³-hybridized carbons (Fsp3) is 0.944. The molecule has 144 valence electrons. The number of rotatable bonds is 2. The van der Waals surface area contributed by atoms with Gasteiger partial charge in [0.2, 0.25) is 0 Å². The van der Waals surface area contributed by atoms with E-state index in [1.807, 2.05) is 32.6 Å². The fourth-order valence-corrected chi connectivity index (χ4v) is 3.55. The third-order valence-electron chi connectivity index (χ3n) is 4.70. The Bertz CT molecular complexity index is 342. The molecule has 0 unspecified atom stereocenters. The van der Waals surface area contributed by atoms with Crippen LogP contribution in [0.15, 0.2) is 0 Å². The van der Waals surface area contributed by atoms with Crippen molar-refractivity contribution < 1.29 is 9.90 Å². The molecule has 0 radical (unpaired) electrons. The Hall–Kier alpha value is -0.850. The van der Waals surface area contributed by atoms with Crippen LogP contribution in [-0.2, 0) is 0 Å². The predicted molar refractivity (Wildman–Crippen MR) is 101 cm³/mol. The van der Waals surface area contributed by atoms with Gasteiger partial charge in [-0.25, -0.2) is 4.79 Å². The summed E-state index contributed by atoms with van der Waals surface area (Å²) in [6.07, 6.45) is 1.99. The van der Waals surface area contributed by atoms with Crippen LogP contribution in [0.2, 0.25) is 0 Å². The quantitative estimate of drug-likeness (QED) is 0.830. The number of hydrogen-bond acceptors (Lipinski definition) is 4. The Labute approximate surface area is 149 Å². The summed E-state index contributed by atoms with van der Waals surface area (Å²) in [6.45, 7) is 13.7. The number of likely N-dealkylation sites (N-methyl/N-ethyl adjacent to an activating group) is 1. The zero-order valence-electron chi connectivity index (χ0n) is 17.0. The average Bonchev–Trinajstić information content (AvgIpc) is 2.61. The topological polar surface area (TPSA) is 50.3 Å². The van der Waals surface area contributed by atoms with Gasteiger partial charge in [-0.05, 0) is 19.9 Å². The highest BCUT2D eigenvalue weighted by Crippen LogP contribution is 2.32. The number of piperazine rings is 1. The lowest BCUT2D eigenvalue weighted by Gasteiger charge is -2.53. The van der Waals surface area contributed by atoms with Crippen LogP contribution in [-0.4, -0.2) is 103 Å². The van der Waals surface area contributed by atoms with E-state index in [-0.39, 0.29) is 18.2 Å². The number of carbonyl (C=O) groups is 1. The molecule has 2 aliphatic heterocycles. The smallest absolute Gasteiger partial charge is 0.319 e. The van der Waals surface area contributed by atoms with Gasteiger partial charge in [0.1, 0.15) is 0 Å². The van der Waals surface area contributed by atoms with Crippen LogP contribution in [0, 0.1) is 0 Å². The first-order valence-electron chi connectivity index (χ1n) is 9.49. The highest BCUT2D eigenvalue weighted by atomic mass is 16.3. The van der Waals surface area contributed by atoms with Crippen molar-refractivity contribution >= 4 is 6.03 Å². The molecule has 2 rings (SSSR count). The molecule has 0 bridgehead atoms. The summed E-state index contributed by atoms with van der Waals surface area (Å²) in [5.74, 6) is 0. The second-order valence-corrected chi connectivity index (χ2v) is 6.34. The number of hydrogen-bond donors (Lipinski definition) is 1. The standard InChI is InChI=1S/C14H28N4O2.2C2H6/c1-15(2)13(20)17-6-4-14(5-7-17)12-16(3)8-9-18(14)10-11-19;2*1-2/h19H,4-12H2,1-3H3;2*1-2H3. The van der Waals surface area contributed by atoms with Gasteiger partial charge in [0.05, 0.1) is 6.61 Å². The second kappa shape index (κ2) is 11.7. The first-order valence-corrected chi connectivity index (χ1v) is 9.49. The maximum absolute atomic E-state index is 12.0. The normalized spacial score (nSPS) is 20.6. The monoisotopic (exact) mass is 344 g/mol. The summed E-state index contributed by atoms with van der Waals surface area (Å²) in [5, 5.41) is 9.28. The van der Waals surface area contributed by atoms with Crippen molar-refractivity contribution in [3.63, 3.8) is 0 Å². The third kappa shape index (κ3) is 5.90. The van der Waals surface area contributed by atoms with Gasteiger partial charge >= 0.3 is 6.03 Å². The van der Waals surface area contributed by atoms with Crippen LogP contribution in [0.1, 0.15) is 40.5 Å². The number of β-amino-alcohol motifs (C(OH)–C–C–N with tert-alkyl or cyclic N) is 1. The lowest BCUT2D eigenvalue weighted by molar-refractivity contribution is -0.0366. The van der Waals surface area contributed by atoms with Crippen molar-refractivity contribution in [1.29, 1.82) is 0 Å². The van der Waals surface area contributed by atoms with Crippen LogP contribution in [0.5, 0.6) is 0 Å². The molecular weight excluding hydrogens is 304 g/mol. The van der Waals surface area contributed by atoms with Gasteiger partial charge in [-0.2, -0.15) is 0 Å². The molecule has 0 aromatic heterocycles. The van der Waals surface area contributed by atoms with E-state index in [0.29, 0.717) is 0 Å². The van der Waals surface area contributed by atoms with Crippen LogP contribution in [0.25, 0.3) is 0 Å². The van der Waals surface area contributed by atoms with Gasteiger partial charge in [0, 0.05) is 58.9 Å². The molecule has 0 aliphatic carbocycles. The Morgan fingerprint density at radius 3 is 2.04 bits per heavy atom. The van der Waals surface area contributed by atoms with Crippen molar-refractivity contribution in [1.82, 2.24) is 19.6 Å². The number of amides is 2. The molecule has 24 heavy (non-hydrogen) atoms. The molecule has 6 nitrogen and oxygen atoms in total. The molecule has 2 aliphatic rings. The highest BCUT2D eigenvalue weighted by Gasteiger charge is 2.43. The molecule has 2 heterocycles. The maximum atomic E-state index is 12.0. The minimum atomic E-state index is 0.109. The largest absolute Gasteiger partial charge is 0.395 e. The number of urea groups is 1. The van der Waals surface area contributed by atoms with E-state index in [1.165, 1.54) is 0 Å². The van der Waals surface area contributed by atoms with Crippen molar-refractivity contribution in [2.24, 2.45) is 0 Å². The SMILES string of the molecule is CC.CC.CN1CCN(CCO)C2(CCN(C(=O)N(C)C)CC2)C1. The molecule has 0 atom stereocenters. The zero-order chi connectivity index (χ0) is 18.8. The van der Waals surface area contributed by atoms with E-state index in [4.69, 9.17) is 0 Å². The fourth-order valence-electron chi connectivity index (χ4n) is 3.55. The molecule has 1 spiro atoms. The van der Waals surface area contributed by atoms with E-state index in [9.17, 15) is 9.90 Å². The maximum Gasteiger partial charge on any atom is 0.319 e. The van der Waals surface area contributed by atoms with E-state index in [2.05, 4.69) is 16.8 Å². The number of carbonyl (C=O) groups excluding carboxylic acids is 1. The molecule has 0 aromatic carbocycles. The summed E-state index contributed by atoms with van der Waals surface area (Å²) in [4.78, 5) is 20.4. The summed E-state index contributed by atoms with van der Waals surface area (Å²) < 4.78 is 0. The van der Waals surface area contributed by atoms with E-state index in [0.717, 1.165) is 52.1 Å². The molecule has 2 saturated heterocycles. The number of piperidine rings is 1. The minimum absolute atomic E-state index is 0.109. The average molecular weight is 345 g/mol. The van der Waals surface area contributed by atoms with Gasteiger partial charge in [-0.15, -0.1) is 0 Å². The number of likely N-dealkylation sites (tertiary alicyclic amines) is 1. The Kier molecular flexibility index (Phi) is 11.2. The van der Waals surface area contributed by atoms with Gasteiger partial charge in [-0.1, -0.05) is 27.7 Å². The van der Waals surface area contributed by atoms with E-state index in [1.54, 1.807) is 19.0 Å². The number of nitrogens with zero attached hydrogens (tertiary/aromatic N) is 4. The summed E-state index contributed by atoms with van der Waals surface area (Å²) in [7, 11) is 5.77. The minimum Gasteiger partial charge on any atom is -0.395 e. The summed E-state index contributed by atoms with van der Waals surface area (Å²) >= 11 is 0. The Balaban J connectivity index is 0.00000123. The van der Waals surface area contributed by atoms with Crippen molar-refractivity contribution in [3.05, 3.63) is 0 Å². The third-order valence-corrected chi connectivity index (χ3v) is 4.70. The Morgan fingerprint density at radius 1 is 1.04 bits per heavy atom. The summed E-state index contributed by atoms with van der Waals surface area (Å²) in [6, 6.07) is 0.109. The molecule has 2 amide bonds. The lowest BCUT2D eigenvalue weighted by atomic mass is 9.83. The highest BCUT2D eigenvalue weighted by molar-refractivity contribution is 5.73. The predicted octanol–water partition coefficient (Wildman–Crippen LogP) is 1.79. The molecule has 6 heteroatoms. The van der Waals surface area contributed by atoms with Crippen LogP contribution >= 0.6 is 0 Å². The molecular formula is C18H40N4O2. The number of aliphatic hydroxyl groups excluding tert-OH is 1. The van der Waals surface area contributed by atoms with Gasteiger partial charge < -0.3 is 19.8 Å². The van der Waals surface area contributed by atoms with Crippen molar-refractivity contribution in [2.45, 2.75) is 46.1 Å². The molecule has 0 aromatic rings. The van der Waals surface area contributed by atoms with Gasteiger partial charge in [-0.3, -0.25) is 4.90 Å². The Morgan fingerprint density at radius 2 is 1.58 bits per heavy atom. The van der Waals surface area contributed by atoms with Crippen LogP contribution < -0.4 is 0 Å². The van der Waals surface area contributed by atoms with Gasteiger partial charge in [0.15, 0.2) is 0 Å². The summed E-state index contributed by atoms with van der Waals surface area (Å²) in [5.41, 5.74) is 0.138. The lowest BCUT2D eigenvalue weighted by Crippen LogP contribution is -2.66. The van der Waals surface area contributed by atoms with E-state index < -0.39 is 0 Å². The van der Waals surface area contributed by atoms with Gasteiger partial charge in [0.25, 0.3) is 0 Å². The number of aliphatic hydroxyl groups is 1. The zero-order valence-corrected chi connectivity index (χ0v) is 17.0. The molecule has 2 fully saturated rings.